The lowest BCUT2D eigenvalue weighted by Gasteiger charge is -2.57. The fourth-order valence-electron chi connectivity index (χ4n) is 5.86. The molecule has 6 rings (SSSR count). The van der Waals surface area contributed by atoms with Crippen molar-refractivity contribution in [2.24, 2.45) is 17.8 Å². The van der Waals surface area contributed by atoms with Gasteiger partial charge in [0.05, 0.1) is 12.5 Å². The fraction of sp³-hybridized carbons (Fsp3) is 0.545. The van der Waals surface area contributed by atoms with E-state index in [9.17, 15) is 0 Å². The van der Waals surface area contributed by atoms with Gasteiger partial charge in [0.1, 0.15) is 12.4 Å². The molecule has 4 saturated carbocycles. The zero-order chi connectivity index (χ0) is 16.7. The number of ether oxygens (including phenoxy) is 1. The van der Waals surface area contributed by atoms with Crippen molar-refractivity contribution in [1.82, 2.24) is 5.32 Å². The molecule has 4 fully saturated rings. The predicted molar refractivity (Wildman–Crippen MR) is 97.2 cm³/mol. The van der Waals surface area contributed by atoms with Crippen LogP contribution in [-0.2, 0) is 13.2 Å². The Morgan fingerprint density at radius 3 is 2.20 bits per heavy atom. The first-order valence-electron chi connectivity index (χ1n) is 9.74. The Kier molecular flexibility index (Phi) is 3.85. The molecule has 4 aliphatic rings. The van der Waals surface area contributed by atoms with Crippen molar-refractivity contribution in [1.29, 1.82) is 0 Å². The van der Waals surface area contributed by atoms with Crippen molar-refractivity contribution in [3.63, 3.8) is 0 Å². The number of hydrogen-bond donors (Lipinski definition) is 1. The maximum Gasteiger partial charge on any atom is 0.119 e. The molecule has 0 atom stereocenters. The molecule has 0 unspecified atom stereocenters. The summed E-state index contributed by atoms with van der Waals surface area (Å²) in [5.41, 5.74) is 2.85. The molecule has 1 heterocycles. The standard InChI is InChI=1S/C22H27NO2/c1-3-21(25-15-17-5-6-24-14-17)4-2-16(1)13-23-22-10-18-7-19(11-22)9-20(8-18)12-22/h1-6,14,18-20,23H,7-13,15H2. The van der Waals surface area contributed by atoms with Gasteiger partial charge in [0.15, 0.2) is 0 Å². The number of rotatable bonds is 6. The van der Waals surface area contributed by atoms with Crippen LogP contribution in [0.1, 0.15) is 49.7 Å². The maximum absolute atomic E-state index is 5.80. The minimum atomic E-state index is 0.436. The Morgan fingerprint density at radius 1 is 0.920 bits per heavy atom. The lowest BCUT2D eigenvalue weighted by atomic mass is 9.53. The van der Waals surface area contributed by atoms with E-state index in [-0.39, 0.29) is 0 Å². The molecule has 3 nitrogen and oxygen atoms in total. The van der Waals surface area contributed by atoms with Gasteiger partial charge in [-0.1, -0.05) is 12.1 Å². The third-order valence-electron chi connectivity index (χ3n) is 6.61. The Morgan fingerprint density at radius 2 is 1.60 bits per heavy atom. The Bertz CT molecular complexity index is 669. The topological polar surface area (TPSA) is 34.4 Å². The number of benzene rings is 1. The molecule has 2 aromatic rings. The molecular weight excluding hydrogens is 310 g/mol. The van der Waals surface area contributed by atoms with E-state index < -0.39 is 0 Å². The quantitative estimate of drug-likeness (QED) is 0.812. The highest BCUT2D eigenvalue weighted by molar-refractivity contribution is 5.27. The molecule has 3 heteroatoms. The average molecular weight is 337 g/mol. The Labute approximate surface area is 149 Å². The van der Waals surface area contributed by atoms with Crippen LogP contribution in [0.3, 0.4) is 0 Å². The van der Waals surface area contributed by atoms with Crippen molar-refractivity contribution >= 4 is 0 Å². The summed E-state index contributed by atoms with van der Waals surface area (Å²) >= 11 is 0. The van der Waals surface area contributed by atoms with Gasteiger partial charge in [-0.25, -0.2) is 0 Å². The Balaban J connectivity index is 1.18. The molecule has 0 radical (unpaired) electrons. The molecule has 0 amide bonds. The van der Waals surface area contributed by atoms with E-state index in [1.807, 2.05) is 6.07 Å². The number of furan rings is 1. The van der Waals surface area contributed by atoms with Crippen LogP contribution in [0, 0.1) is 17.8 Å². The molecule has 4 aliphatic carbocycles. The van der Waals surface area contributed by atoms with E-state index in [1.54, 1.807) is 12.5 Å². The second-order valence-electron chi connectivity index (χ2n) is 8.62. The van der Waals surface area contributed by atoms with Crippen molar-refractivity contribution < 1.29 is 9.15 Å². The Hall–Kier alpha value is -1.74. The summed E-state index contributed by atoms with van der Waals surface area (Å²) in [5, 5.41) is 3.96. The van der Waals surface area contributed by atoms with Crippen molar-refractivity contribution in [2.45, 2.75) is 57.2 Å². The summed E-state index contributed by atoms with van der Waals surface area (Å²) < 4.78 is 10.9. The second-order valence-corrected chi connectivity index (χ2v) is 8.62. The predicted octanol–water partition coefficient (Wildman–Crippen LogP) is 4.92. The van der Waals surface area contributed by atoms with E-state index >= 15 is 0 Å². The van der Waals surface area contributed by atoms with Crippen LogP contribution in [-0.4, -0.2) is 5.54 Å². The molecule has 0 spiro atoms. The average Bonchev–Trinajstić information content (AvgIpc) is 3.12. The first-order chi connectivity index (χ1) is 12.3. The van der Waals surface area contributed by atoms with Crippen molar-refractivity contribution in [2.75, 3.05) is 0 Å². The maximum atomic E-state index is 5.80. The van der Waals surface area contributed by atoms with Gasteiger partial charge < -0.3 is 14.5 Å². The van der Waals surface area contributed by atoms with Gasteiger partial charge in [0.25, 0.3) is 0 Å². The van der Waals surface area contributed by atoms with Crippen LogP contribution in [0.4, 0.5) is 0 Å². The zero-order valence-corrected chi connectivity index (χ0v) is 14.7. The second kappa shape index (κ2) is 6.21. The highest BCUT2D eigenvalue weighted by atomic mass is 16.5. The van der Waals surface area contributed by atoms with Gasteiger partial charge in [-0.05, 0) is 80.0 Å². The van der Waals surface area contributed by atoms with Gasteiger partial charge in [0.2, 0.25) is 0 Å². The monoisotopic (exact) mass is 337 g/mol. The van der Waals surface area contributed by atoms with E-state index in [1.165, 1.54) is 44.1 Å². The summed E-state index contributed by atoms with van der Waals surface area (Å²) in [6, 6.07) is 10.5. The highest BCUT2D eigenvalue weighted by Gasteiger charge is 2.50. The molecule has 1 aromatic heterocycles. The summed E-state index contributed by atoms with van der Waals surface area (Å²) in [6.07, 6.45) is 12.1. The van der Waals surface area contributed by atoms with E-state index in [2.05, 4.69) is 29.6 Å². The molecule has 0 saturated heterocycles. The lowest BCUT2D eigenvalue weighted by molar-refractivity contribution is -0.0206. The molecule has 0 aliphatic heterocycles. The van der Waals surface area contributed by atoms with E-state index in [0.717, 1.165) is 35.6 Å². The smallest absolute Gasteiger partial charge is 0.119 e. The SMILES string of the molecule is c1cc(COc2ccc(CNC34CC5CC(CC(C5)C3)C4)cc2)co1. The van der Waals surface area contributed by atoms with Crippen molar-refractivity contribution in [3.8, 4) is 5.75 Å². The number of hydrogen-bond acceptors (Lipinski definition) is 3. The lowest BCUT2D eigenvalue weighted by Crippen LogP contribution is -2.58. The molecule has 132 valence electrons. The molecular formula is C22H27NO2. The van der Waals surface area contributed by atoms with Crippen LogP contribution in [0.5, 0.6) is 5.75 Å². The highest BCUT2D eigenvalue weighted by Crippen LogP contribution is 2.55. The van der Waals surface area contributed by atoms with E-state index in [0.29, 0.717) is 12.1 Å². The molecule has 1 aromatic carbocycles. The summed E-state index contributed by atoms with van der Waals surface area (Å²) in [7, 11) is 0. The summed E-state index contributed by atoms with van der Waals surface area (Å²) in [4.78, 5) is 0. The largest absolute Gasteiger partial charge is 0.489 e. The van der Waals surface area contributed by atoms with Crippen LogP contribution in [0.25, 0.3) is 0 Å². The van der Waals surface area contributed by atoms with Gasteiger partial charge >= 0.3 is 0 Å². The first-order valence-corrected chi connectivity index (χ1v) is 9.74. The first kappa shape index (κ1) is 15.5. The summed E-state index contributed by atoms with van der Waals surface area (Å²) in [6.45, 7) is 1.54. The third-order valence-corrected chi connectivity index (χ3v) is 6.61. The van der Waals surface area contributed by atoms with E-state index in [4.69, 9.17) is 9.15 Å². The van der Waals surface area contributed by atoms with Gasteiger partial charge in [-0.3, -0.25) is 0 Å². The molecule has 1 N–H and O–H groups in total. The zero-order valence-electron chi connectivity index (χ0n) is 14.7. The summed E-state index contributed by atoms with van der Waals surface area (Å²) in [5.74, 6) is 3.91. The van der Waals surface area contributed by atoms with Crippen LogP contribution in [0.2, 0.25) is 0 Å². The van der Waals surface area contributed by atoms with Crippen LogP contribution in [0.15, 0.2) is 47.3 Å². The minimum absolute atomic E-state index is 0.436. The van der Waals surface area contributed by atoms with Crippen LogP contribution < -0.4 is 10.1 Å². The fourth-order valence-corrected chi connectivity index (χ4v) is 5.86. The molecule has 4 bridgehead atoms. The number of nitrogens with one attached hydrogen (secondary N) is 1. The van der Waals surface area contributed by atoms with Gasteiger partial charge in [-0.2, -0.15) is 0 Å². The third kappa shape index (κ3) is 3.22. The van der Waals surface area contributed by atoms with Gasteiger partial charge in [-0.15, -0.1) is 0 Å². The van der Waals surface area contributed by atoms with Crippen LogP contribution >= 0.6 is 0 Å². The minimum Gasteiger partial charge on any atom is -0.489 e. The van der Waals surface area contributed by atoms with Gasteiger partial charge in [0, 0.05) is 17.6 Å². The normalized spacial score (nSPS) is 32.9. The van der Waals surface area contributed by atoms with Crippen molar-refractivity contribution in [3.05, 3.63) is 54.0 Å². The molecule has 25 heavy (non-hydrogen) atoms.